The highest BCUT2D eigenvalue weighted by atomic mass is 16.3. The Morgan fingerprint density at radius 3 is 2.25 bits per heavy atom. The minimum absolute atomic E-state index is 0.248. The zero-order valence-electron chi connectivity index (χ0n) is 19.3. The first-order valence-electron chi connectivity index (χ1n) is 11.9. The molecule has 0 bridgehead atoms. The fraction of sp³-hybridized carbons (Fsp3) is 0. The summed E-state index contributed by atoms with van der Waals surface area (Å²) in [6.45, 7) is 0. The molecule has 0 atom stereocenters. The van der Waals surface area contributed by atoms with Gasteiger partial charge in [-0.25, -0.2) is 4.98 Å². The van der Waals surface area contributed by atoms with Crippen molar-refractivity contribution in [1.82, 2.24) is 14.5 Å². The number of para-hydroxylation sites is 1. The number of nitrogens with zero attached hydrogens (tertiary/aromatic N) is 3. The van der Waals surface area contributed by atoms with Crippen molar-refractivity contribution in [2.45, 2.75) is 0 Å². The van der Waals surface area contributed by atoms with Crippen LogP contribution >= 0.6 is 0 Å². The number of aromatic nitrogens is 3. The standard InChI is InChI=1S/C32H21N3O/c36-32-23-9-2-1-8-21(23)15-18-26(32)28-12-7-14-31(34-28)35-29-13-4-3-10-24(29)25-17-16-22(20-30(25)35)27-11-5-6-19-33-27/h1-20,36H. The molecule has 4 nitrogen and oxygen atoms in total. The van der Waals surface area contributed by atoms with Crippen molar-refractivity contribution < 1.29 is 5.11 Å². The van der Waals surface area contributed by atoms with Gasteiger partial charge in [-0.3, -0.25) is 9.55 Å². The molecule has 36 heavy (non-hydrogen) atoms. The lowest BCUT2D eigenvalue weighted by Gasteiger charge is -2.11. The van der Waals surface area contributed by atoms with Crippen LogP contribution in [0.15, 0.2) is 121 Å². The van der Waals surface area contributed by atoms with E-state index >= 15 is 0 Å². The Bertz CT molecular complexity index is 1900. The van der Waals surface area contributed by atoms with Crippen LogP contribution in [0.2, 0.25) is 0 Å². The van der Waals surface area contributed by atoms with Crippen molar-refractivity contribution in [3.05, 3.63) is 121 Å². The van der Waals surface area contributed by atoms with E-state index < -0.39 is 0 Å². The lowest BCUT2D eigenvalue weighted by molar-refractivity contribution is 0.483. The Kier molecular flexibility index (Phi) is 4.57. The van der Waals surface area contributed by atoms with E-state index in [9.17, 15) is 5.11 Å². The number of benzene rings is 4. The zero-order valence-corrected chi connectivity index (χ0v) is 19.3. The van der Waals surface area contributed by atoms with Crippen LogP contribution < -0.4 is 0 Å². The van der Waals surface area contributed by atoms with Gasteiger partial charge in [-0.1, -0.05) is 72.8 Å². The largest absolute Gasteiger partial charge is 0.507 e. The average molecular weight is 464 g/mol. The molecule has 0 fully saturated rings. The second-order valence-corrected chi connectivity index (χ2v) is 8.86. The molecule has 0 aliphatic carbocycles. The summed E-state index contributed by atoms with van der Waals surface area (Å²) < 4.78 is 2.19. The summed E-state index contributed by atoms with van der Waals surface area (Å²) >= 11 is 0. The molecule has 3 aromatic heterocycles. The number of fused-ring (bicyclic) bond motifs is 4. The monoisotopic (exact) mass is 463 g/mol. The number of rotatable bonds is 3. The van der Waals surface area contributed by atoms with Gasteiger partial charge in [-0.2, -0.15) is 0 Å². The molecule has 0 radical (unpaired) electrons. The molecular formula is C32H21N3O. The molecule has 4 heteroatoms. The molecule has 0 unspecified atom stereocenters. The summed E-state index contributed by atoms with van der Waals surface area (Å²) in [7, 11) is 0. The fourth-order valence-electron chi connectivity index (χ4n) is 5.07. The van der Waals surface area contributed by atoms with Gasteiger partial charge >= 0.3 is 0 Å². The maximum atomic E-state index is 11.1. The molecule has 0 aliphatic heterocycles. The van der Waals surface area contributed by atoms with Gasteiger partial charge in [0.1, 0.15) is 11.6 Å². The van der Waals surface area contributed by atoms with Crippen LogP contribution in [0.5, 0.6) is 5.75 Å². The summed E-state index contributed by atoms with van der Waals surface area (Å²) in [4.78, 5) is 9.59. The SMILES string of the molecule is Oc1c(-c2cccc(-n3c4ccccc4c4ccc(-c5ccccn5)cc43)n2)ccc2ccccc12. The number of hydrogen-bond acceptors (Lipinski definition) is 3. The van der Waals surface area contributed by atoms with Crippen LogP contribution in [-0.4, -0.2) is 19.6 Å². The number of hydrogen-bond donors (Lipinski definition) is 1. The summed E-state index contributed by atoms with van der Waals surface area (Å²) in [5, 5.41) is 15.2. The zero-order chi connectivity index (χ0) is 24.1. The smallest absolute Gasteiger partial charge is 0.138 e. The maximum Gasteiger partial charge on any atom is 0.138 e. The Labute approximate surface area is 207 Å². The first-order valence-corrected chi connectivity index (χ1v) is 11.9. The molecule has 0 amide bonds. The van der Waals surface area contributed by atoms with Crippen molar-refractivity contribution in [2.24, 2.45) is 0 Å². The molecule has 0 aliphatic rings. The van der Waals surface area contributed by atoms with Gasteiger partial charge in [0.05, 0.1) is 22.4 Å². The Balaban J connectivity index is 1.47. The Morgan fingerprint density at radius 2 is 1.36 bits per heavy atom. The van der Waals surface area contributed by atoms with E-state index in [0.29, 0.717) is 5.56 Å². The second kappa shape index (κ2) is 8.07. The van der Waals surface area contributed by atoms with E-state index in [1.165, 1.54) is 5.39 Å². The van der Waals surface area contributed by atoms with Crippen molar-refractivity contribution in [2.75, 3.05) is 0 Å². The Hall–Kier alpha value is -4.96. The van der Waals surface area contributed by atoms with Gasteiger partial charge in [0.15, 0.2) is 0 Å². The number of phenols is 1. The predicted octanol–water partition coefficient (Wildman–Crippen LogP) is 7.77. The van der Waals surface area contributed by atoms with E-state index in [1.807, 2.05) is 79.0 Å². The highest BCUT2D eigenvalue weighted by molar-refractivity contribution is 6.10. The first kappa shape index (κ1) is 20.4. The third-order valence-corrected chi connectivity index (χ3v) is 6.77. The first-order chi connectivity index (χ1) is 17.8. The van der Waals surface area contributed by atoms with Gasteiger partial charge in [-0.05, 0) is 47.9 Å². The molecule has 7 aromatic rings. The molecule has 0 saturated heterocycles. The molecule has 0 saturated carbocycles. The fourth-order valence-corrected chi connectivity index (χ4v) is 5.07. The van der Waals surface area contributed by atoms with Gasteiger partial charge in [0.25, 0.3) is 0 Å². The average Bonchev–Trinajstić information content (AvgIpc) is 3.28. The molecule has 7 rings (SSSR count). The summed E-state index contributed by atoms with van der Waals surface area (Å²) in [5.41, 5.74) is 5.56. The van der Waals surface area contributed by atoms with Crippen LogP contribution in [-0.2, 0) is 0 Å². The Morgan fingerprint density at radius 1 is 0.583 bits per heavy atom. The van der Waals surface area contributed by atoms with Crippen LogP contribution in [0.4, 0.5) is 0 Å². The lowest BCUT2D eigenvalue weighted by Crippen LogP contribution is -1.99. The summed E-state index contributed by atoms with van der Waals surface area (Å²) in [6, 6.07) is 38.6. The van der Waals surface area contributed by atoms with Gasteiger partial charge in [0.2, 0.25) is 0 Å². The second-order valence-electron chi connectivity index (χ2n) is 8.86. The van der Waals surface area contributed by atoms with Crippen LogP contribution in [0.25, 0.3) is 60.9 Å². The number of pyridine rings is 2. The van der Waals surface area contributed by atoms with Crippen LogP contribution in [0, 0.1) is 0 Å². The highest BCUT2D eigenvalue weighted by Crippen LogP contribution is 2.37. The molecule has 4 aromatic carbocycles. The van der Waals surface area contributed by atoms with E-state index in [1.54, 1.807) is 0 Å². The molecular weight excluding hydrogens is 442 g/mol. The summed E-state index contributed by atoms with van der Waals surface area (Å²) in [5.74, 6) is 1.04. The number of phenolic OH excluding ortho intramolecular Hbond substituents is 1. The third-order valence-electron chi connectivity index (χ3n) is 6.77. The van der Waals surface area contributed by atoms with Crippen molar-refractivity contribution in [1.29, 1.82) is 0 Å². The molecule has 0 spiro atoms. The van der Waals surface area contributed by atoms with Crippen molar-refractivity contribution >= 4 is 32.6 Å². The number of aromatic hydroxyl groups is 1. The van der Waals surface area contributed by atoms with Crippen LogP contribution in [0.3, 0.4) is 0 Å². The van der Waals surface area contributed by atoms with Gasteiger partial charge < -0.3 is 5.11 Å². The van der Waals surface area contributed by atoms with Crippen LogP contribution in [0.1, 0.15) is 0 Å². The molecule has 170 valence electrons. The minimum atomic E-state index is 0.248. The van der Waals surface area contributed by atoms with Crippen molar-refractivity contribution in [3.63, 3.8) is 0 Å². The van der Waals surface area contributed by atoms with E-state index in [0.717, 1.165) is 50.0 Å². The van der Waals surface area contributed by atoms with E-state index in [-0.39, 0.29) is 5.75 Å². The molecule has 3 heterocycles. The normalized spacial score (nSPS) is 11.4. The van der Waals surface area contributed by atoms with Gasteiger partial charge in [0, 0.05) is 33.5 Å². The predicted molar refractivity (Wildman–Crippen MR) is 146 cm³/mol. The minimum Gasteiger partial charge on any atom is -0.507 e. The van der Waals surface area contributed by atoms with Gasteiger partial charge in [-0.15, -0.1) is 0 Å². The molecule has 1 N–H and O–H groups in total. The lowest BCUT2D eigenvalue weighted by atomic mass is 10.0. The quantitative estimate of drug-likeness (QED) is 0.291. The van der Waals surface area contributed by atoms with Crippen molar-refractivity contribution in [3.8, 4) is 34.1 Å². The maximum absolute atomic E-state index is 11.1. The summed E-state index contributed by atoms with van der Waals surface area (Å²) in [6.07, 6.45) is 1.82. The van der Waals surface area contributed by atoms with E-state index in [4.69, 9.17) is 4.98 Å². The highest BCUT2D eigenvalue weighted by Gasteiger charge is 2.16. The van der Waals surface area contributed by atoms with E-state index in [2.05, 4.69) is 52.0 Å². The third kappa shape index (κ3) is 3.16. The topological polar surface area (TPSA) is 50.9 Å².